The lowest BCUT2D eigenvalue weighted by atomic mass is 9.82. The molecule has 0 aliphatic heterocycles. The Balaban J connectivity index is 0.985. The van der Waals surface area contributed by atoms with Gasteiger partial charge in [0, 0.05) is 38.6 Å². The van der Waals surface area contributed by atoms with Crippen LogP contribution in [0, 0.1) is 0 Å². The quantitative estimate of drug-likeness (QED) is 0.151. The predicted molar refractivity (Wildman–Crippen MR) is 277 cm³/mol. The molecule has 0 radical (unpaired) electrons. The summed E-state index contributed by atoms with van der Waals surface area (Å²) < 4.78 is 0. The van der Waals surface area contributed by atoms with E-state index in [4.69, 9.17) is 0 Å². The van der Waals surface area contributed by atoms with Gasteiger partial charge in [0.1, 0.15) is 0 Å². The predicted octanol–water partition coefficient (Wildman–Crippen LogP) is 17.7. The number of nitrogens with zero attached hydrogens (tertiary/aromatic N) is 2. The first kappa shape index (κ1) is 38.5. The lowest BCUT2D eigenvalue weighted by Gasteiger charge is -2.30. The van der Waals surface area contributed by atoms with Crippen LogP contribution in [0.15, 0.2) is 243 Å². The van der Waals surface area contributed by atoms with Gasteiger partial charge in [0.05, 0.1) is 17.1 Å². The van der Waals surface area contributed by atoms with E-state index in [9.17, 15) is 0 Å². The van der Waals surface area contributed by atoms with E-state index in [-0.39, 0.29) is 5.41 Å². The maximum atomic E-state index is 2.49. The van der Waals surface area contributed by atoms with Crippen molar-refractivity contribution < 1.29 is 0 Å². The molecule has 2 heteroatoms. The third-order valence-electron chi connectivity index (χ3n) is 13.7. The molecule has 0 atom stereocenters. The van der Waals surface area contributed by atoms with Crippen LogP contribution in [0.5, 0.6) is 0 Å². The van der Waals surface area contributed by atoms with Crippen LogP contribution in [0.4, 0.5) is 34.1 Å². The van der Waals surface area contributed by atoms with E-state index in [1.807, 2.05) is 0 Å². The third-order valence-corrected chi connectivity index (χ3v) is 13.7. The van der Waals surface area contributed by atoms with Gasteiger partial charge in [0.2, 0.25) is 0 Å². The van der Waals surface area contributed by atoms with Crippen molar-refractivity contribution in [1.29, 1.82) is 0 Å². The van der Waals surface area contributed by atoms with Gasteiger partial charge in [-0.1, -0.05) is 202 Å². The second-order valence-electron chi connectivity index (χ2n) is 17.7. The van der Waals surface area contributed by atoms with Gasteiger partial charge >= 0.3 is 0 Å². The molecule has 0 saturated carbocycles. The smallest absolute Gasteiger partial charge is 0.0540 e. The fourth-order valence-electron chi connectivity index (χ4n) is 10.4. The van der Waals surface area contributed by atoms with Crippen LogP contribution < -0.4 is 9.80 Å². The first-order chi connectivity index (χ1) is 32.0. The molecule has 0 bridgehead atoms. The van der Waals surface area contributed by atoms with Crippen molar-refractivity contribution in [3.05, 3.63) is 254 Å². The highest BCUT2D eigenvalue weighted by Crippen LogP contribution is 2.52. The zero-order chi connectivity index (χ0) is 43.5. The molecule has 12 rings (SSSR count). The third kappa shape index (κ3) is 6.49. The van der Waals surface area contributed by atoms with Crippen molar-refractivity contribution in [1.82, 2.24) is 0 Å². The summed E-state index contributed by atoms with van der Waals surface area (Å²) in [6.07, 6.45) is 0. The van der Waals surface area contributed by atoms with Crippen molar-refractivity contribution >= 4 is 66.4 Å². The number of rotatable bonds is 8. The van der Waals surface area contributed by atoms with Gasteiger partial charge in [0.15, 0.2) is 0 Å². The fourth-order valence-corrected chi connectivity index (χ4v) is 10.4. The minimum absolute atomic E-state index is 0.126. The average Bonchev–Trinajstić information content (AvgIpc) is 3.60. The molecule has 308 valence electrons. The van der Waals surface area contributed by atoms with Gasteiger partial charge in [-0.05, 0) is 115 Å². The molecule has 0 unspecified atom stereocenters. The van der Waals surface area contributed by atoms with E-state index >= 15 is 0 Å². The zero-order valence-electron chi connectivity index (χ0n) is 36.5. The fraction of sp³-hybridized carbons (Fsp3) is 0.0476. The number of hydrogen-bond donors (Lipinski definition) is 0. The summed E-state index contributed by atoms with van der Waals surface area (Å²) in [6.45, 7) is 4.73. The van der Waals surface area contributed by atoms with Crippen molar-refractivity contribution in [2.75, 3.05) is 9.80 Å². The van der Waals surface area contributed by atoms with Crippen molar-refractivity contribution in [3.8, 4) is 33.4 Å². The van der Waals surface area contributed by atoms with Gasteiger partial charge in [-0.15, -0.1) is 0 Å². The Bertz CT molecular complexity index is 3560. The van der Waals surface area contributed by atoms with Crippen molar-refractivity contribution in [2.24, 2.45) is 0 Å². The lowest BCUT2D eigenvalue weighted by molar-refractivity contribution is 0.660. The summed E-state index contributed by atoms with van der Waals surface area (Å²) in [5, 5.41) is 7.26. The first-order valence-electron chi connectivity index (χ1n) is 22.6. The number of anilines is 6. The standard InChI is InChI=1S/C63H46N2/c1-63(2)58-27-13-12-25-55(58)56-39-38-50(42-59(56)63)65(61-29-15-21-46-19-7-9-23-53(46)61)62-41-40-51(54-24-10-11-26-57(54)62)47-32-36-49(37-33-47)64(60-28-14-20-45-18-6-8-22-52(45)60)48-34-30-44(31-35-48)43-16-4-3-5-17-43/h3-42H,1-2H3. The molecule has 0 saturated heterocycles. The number of hydrogen-bond acceptors (Lipinski definition) is 2. The average molecular weight is 831 g/mol. The second kappa shape index (κ2) is 15.6. The van der Waals surface area contributed by atoms with Crippen LogP contribution in [0.1, 0.15) is 25.0 Å². The van der Waals surface area contributed by atoms with E-state index in [1.165, 1.54) is 76.8 Å². The summed E-state index contributed by atoms with van der Waals surface area (Å²) in [6, 6.07) is 88.9. The summed E-state index contributed by atoms with van der Waals surface area (Å²) >= 11 is 0. The Morgan fingerprint density at radius 2 is 0.738 bits per heavy atom. The van der Waals surface area contributed by atoms with Crippen LogP contribution in [0.25, 0.3) is 65.7 Å². The Morgan fingerprint density at radius 3 is 1.42 bits per heavy atom. The summed E-state index contributed by atoms with van der Waals surface area (Å²) in [5.74, 6) is 0. The molecule has 0 amide bonds. The molecular weight excluding hydrogens is 785 g/mol. The molecule has 0 aromatic heterocycles. The van der Waals surface area contributed by atoms with Crippen LogP contribution in [-0.4, -0.2) is 0 Å². The number of fused-ring (bicyclic) bond motifs is 6. The summed E-state index contributed by atoms with van der Waals surface area (Å²) in [4.78, 5) is 4.88. The van der Waals surface area contributed by atoms with E-state index in [2.05, 4.69) is 266 Å². The van der Waals surface area contributed by atoms with Crippen molar-refractivity contribution in [3.63, 3.8) is 0 Å². The molecule has 0 fully saturated rings. The molecule has 0 N–H and O–H groups in total. The molecule has 2 nitrogen and oxygen atoms in total. The van der Waals surface area contributed by atoms with Gasteiger partial charge in [-0.3, -0.25) is 0 Å². The maximum Gasteiger partial charge on any atom is 0.0540 e. The Morgan fingerprint density at radius 1 is 0.277 bits per heavy atom. The van der Waals surface area contributed by atoms with Crippen LogP contribution in [-0.2, 0) is 5.41 Å². The van der Waals surface area contributed by atoms with Gasteiger partial charge in [-0.2, -0.15) is 0 Å². The highest BCUT2D eigenvalue weighted by molar-refractivity contribution is 6.09. The molecule has 1 aliphatic carbocycles. The van der Waals surface area contributed by atoms with Gasteiger partial charge in [-0.25, -0.2) is 0 Å². The Kier molecular flexibility index (Phi) is 9.21. The largest absolute Gasteiger partial charge is 0.310 e. The molecule has 65 heavy (non-hydrogen) atoms. The lowest BCUT2D eigenvalue weighted by Crippen LogP contribution is -2.16. The SMILES string of the molecule is CC1(C)c2ccccc2-c2ccc(N(c3cccc4ccccc34)c3ccc(-c4ccc(N(c5ccc(-c6ccccc6)cc5)c5cccc6ccccc56)cc4)c4ccccc34)cc21. The second-order valence-corrected chi connectivity index (χ2v) is 17.7. The molecule has 11 aromatic rings. The molecule has 0 spiro atoms. The normalized spacial score (nSPS) is 12.6. The molecule has 11 aromatic carbocycles. The summed E-state index contributed by atoms with van der Waals surface area (Å²) in [5.41, 5.74) is 16.8. The van der Waals surface area contributed by atoms with E-state index in [0.29, 0.717) is 0 Å². The molecule has 0 heterocycles. The minimum atomic E-state index is -0.126. The monoisotopic (exact) mass is 830 g/mol. The highest BCUT2D eigenvalue weighted by Gasteiger charge is 2.36. The Hall–Kier alpha value is -8.20. The van der Waals surface area contributed by atoms with E-state index < -0.39 is 0 Å². The highest BCUT2D eigenvalue weighted by atomic mass is 15.2. The Labute approximate surface area is 380 Å². The van der Waals surface area contributed by atoms with Crippen LogP contribution in [0.3, 0.4) is 0 Å². The van der Waals surface area contributed by atoms with Gasteiger partial charge < -0.3 is 9.80 Å². The summed E-state index contributed by atoms with van der Waals surface area (Å²) in [7, 11) is 0. The first-order valence-corrected chi connectivity index (χ1v) is 22.6. The van der Waals surface area contributed by atoms with Crippen LogP contribution in [0.2, 0.25) is 0 Å². The number of benzene rings is 11. The van der Waals surface area contributed by atoms with Gasteiger partial charge in [0.25, 0.3) is 0 Å². The van der Waals surface area contributed by atoms with E-state index in [1.54, 1.807) is 0 Å². The molecule has 1 aliphatic rings. The minimum Gasteiger partial charge on any atom is -0.310 e. The van der Waals surface area contributed by atoms with E-state index in [0.717, 1.165) is 34.1 Å². The maximum absolute atomic E-state index is 2.49. The topological polar surface area (TPSA) is 6.48 Å². The molecular formula is C63H46N2. The van der Waals surface area contributed by atoms with Crippen LogP contribution >= 0.6 is 0 Å². The van der Waals surface area contributed by atoms with Crippen molar-refractivity contribution in [2.45, 2.75) is 19.3 Å². The zero-order valence-corrected chi connectivity index (χ0v) is 36.5.